The lowest BCUT2D eigenvalue weighted by atomic mass is 9.92. The Hall–Kier alpha value is -0.330. The van der Waals surface area contributed by atoms with Crippen molar-refractivity contribution < 1.29 is 9.21 Å². The average molecular weight is 368 g/mol. The first-order valence-electron chi connectivity index (χ1n) is 5.23. The fourth-order valence-corrected chi connectivity index (χ4v) is 2.05. The molecule has 0 bridgehead atoms. The third-order valence-corrected chi connectivity index (χ3v) is 4.11. The Kier molecular flexibility index (Phi) is 5.22. The largest absolute Gasteiger partial charge is 0.452 e. The fraction of sp³-hybridized carbons (Fsp3) is 0.545. The summed E-state index contributed by atoms with van der Waals surface area (Å²) in [4.78, 5) is 11.5. The molecule has 1 rings (SSSR count). The van der Waals surface area contributed by atoms with E-state index in [0.29, 0.717) is 17.8 Å². The molecule has 2 N–H and O–H groups in total. The molecule has 0 saturated heterocycles. The smallest absolute Gasteiger partial charge is 0.226 e. The Morgan fingerprint density at radius 3 is 2.59 bits per heavy atom. The molecule has 4 nitrogen and oxygen atoms in total. The first kappa shape index (κ1) is 14.7. The van der Waals surface area contributed by atoms with Crippen LogP contribution >= 0.6 is 31.9 Å². The highest BCUT2D eigenvalue weighted by Gasteiger charge is 2.25. The van der Waals surface area contributed by atoms with Gasteiger partial charge in [0.15, 0.2) is 4.67 Å². The molecule has 0 aromatic carbocycles. The molecule has 0 saturated carbocycles. The van der Waals surface area contributed by atoms with E-state index >= 15 is 0 Å². The molecule has 0 atom stereocenters. The number of hydrogen-bond acceptors (Lipinski definition) is 3. The number of hydrogen-bond donors (Lipinski definition) is 2. The highest BCUT2D eigenvalue weighted by Crippen LogP contribution is 2.26. The monoisotopic (exact) mass is 366 g/mol. The van der Waals surface area contributed by atoms with Crippen LogP contribution in [-0.2, 0) is 11.3 Å². The van der Waals surface area contributed by atoms with Crippen LogP contribution in [0.5, 0.6) is 0 Å². The minimum absolute atomic E-state index is 0.0202. The van der Waals surface area contributed by atoms with Gasteiger partial charge >= 0.3 is 0 Å². The summed E-state index contributed by atoms with van der Waals surface area (Å²) < 4.78 is 6.99. The van der Waals surface area contributed by atoms with Crippen LogP contribution in [0.1, 0.15) is 19.6 Å². The number of halogens is 2. The Balaban J connectivity index is 2.45. The maximum Gasteiger partial charge on any atom is 0.226 e. The van der Waals surface area contributed by atoms with Crippen LogP contribution in [0.2, 0.25) is 0 Å². The Morgan fingerprint density at radius 2 is 2.12 bits per heavy atom. The fourth-order valence-electron chi connectivity index (χ4n) is 1.40. The summed E-state index contributed by atoms with van der Waals surface area (Å²) in [5.41, 5.74) is -0.435. The van der Waals surface area contributed by atoms with Crippen LogP contribution in [0.25, 0.3) is 0 Å². The predicted octanol–water partition coefficient (Wildman–Crippen LogP) is 2.67. The zero-order chi connectivity index (χ0) is 13.1. The Labute approximate surface area is 118 Å². The van der Waals surface area contributed by atoms with Crippen LogP contribution in [0.4, 0.5) is 0 Å². The Morgan fingerprint density at radius 1 is 1.47 bits per heavy atom. The molecular formula is C11H16Br2N2O2. The lowest BCUT2D eigenvalue weighted by molar-refractivity contribution is -0.128. The van der Waals surface area contributed by atoms with E-state index in [9.17, 15) is 4.79 Å². The molecule has 0 radical (unpaired) electrons. The van der Waals surface area contributed by atoms with Crippen LogP contribution in [0.15, 0.2) is 19.6 Å². The van der Waals surface area contributed by atoms with Gasteiger partial charge < -0.3 is 15.1 Å². The van der Waals surface area contributed by atoms with Crippen molar-refractivity contribution in [3.63, 3.8) is 0 Å². The first-order chi connectivity index (χ1) is 7.86. The molecule has 1 amide bonds. The molecule has 0 aliphatic heterocycles. The highest BCUT2D eigenvalue weighted by atomic mass is 79.9. The first-order valence-corrected chi connectivity index (χ1v) is 6.82. The van der Waals surface area contributed by atoms with Gasteiger partial charge in [0.2, 0.25) is 5.91 Å². The molecule has 1 aromatic heterocycles. The van der Waals surface area contributed by atoms with Crippen molar-refractivity contribution in [3.05, 3.63) is 21.0 Å². The molecule has 96 valence electrons. The third kappa shape index (κ3) is 4.12. The molecular weight excluding hydrogens is 352 g/mol. The van der Waals surface area contributed by atoms with Crippen LogP contribution < -0.4 is 10.6 Å². The van der Waals surface area contributed by atoms with Crippen LogP contribution in [-0.4, -0.2) is 19.5 Å². The van der Waals surface area contributed by atoms with Gasteiger partial charge in [0, 0.05) is 13.6 Å². The molecule has 6 heteroatoms. The highest BCUT2D eigenvalue weighted by molar-refractivity contribution is 9.13. The van der Waals surface area contributed by atoms with E-state index in [-0.39, 0.29) is 5.91 Å². The molecule has 1 heterocycles. The van der Waals surface area contributed by atoms with Crippen molar-refractivity contribution >= 4 is 37.8 Å². The van der Waals surface area contributed by atoms with Crippen LogP contribution in [0.3, 0.4) is 0 Å². The van der Waals surface area contributed by atoms with Gasteiger partial charge in [-0.2, -0.15) is 0 Å². The number of carbonyl (C=O) groups excluding carboxylic acids is 1. The lowest BCUT2D eigenvalue weighted by Crippen LogP contribution is -2.41. The topological polar surface area (TPSA) is 54.3 Å². The minimum Gasteiger partial charge on any atom is -0.452 e. The van der Waals surface area contributed by atoms with E-state index in [1.54, 1.807) is 7.05 Å². The van der Waals surface area contributed by atoms with Gasteiger partial charge in [0.05, 0.1) is 16.4 Å². The van der Waals surface area contributed by atoms with Crippen molar-refractivity contribution in [2.75, 3.05) is 13.6 Å². The van der Waals surface area contributed by atoms with E-state index in [1.807, 2.05) is 19.9 Å². The average Bonchev–Trinajstić information content (AvgIpc) is 2.57. The summed E-state index contributed by atoms with van der Waals surface area (Å²) in [5.74, 6) is 0.836. The molecule has 0 aliphatic rings. The summed E-state index contributed by atoms with van der Waals surface area (Å²) in [6.45, 7) is 4.97. The zero-order valence-electron chi connectivity index (χ0n) is 10.1. The SMILES string of the molecule is CNC(=O)C(C)(C)CNCc1cc(Br)c(Br)o1. The molecule has 0 unspecified atom stereocenters. The molecule has 0 aliphatic carbocycles. The standard InChI is InChI=1S/C11H16Br2N2O2/c1-11(2,10(16)14-3)6-15-5-7-4-8(12)9(13)17-7/h4,15H,5-6H2,1-3H3,(H,14,16). The maximum atomic E-state index is 11.5. The number of carbonyl (C=O) groups is 1. The number of amides is 1. The van der Waals surface area contributed by atoms with Gasteiger partial charge in [-0.15, -0.1) is 0 Å². The van der Waals surface area contributed by atoms with E-state index in [1.165, 1.54) is 0 Å². The van der Waals surface area contributed by atoms with Gasteiger partial charge in [0.1, 0.15) is 5.76 Å². The van der Waals surface area contributed by atoms with Gasteiger partial charge in [-0.1, -0.05) is 0 Å². The van der Waals surface area contributed by atoms with Crippen molar-refractivity contribution in [2.24, 2.45) is 5.41 Å². The normalized spacial score (nSPS) is 11.6. The lowest BCUT2D eigenvalue weighted by Gasteiger charge is -2.22. The van der Waals surface area contributed by atoms with Crippen LogP contribution in [0, 0.1) is 5.41 Å². The predicted molar refractivity (Wildman–Crippen MR) is 73.7 cm³/mol. The van der Waals surface area contributed by atoms with E-state index < -0.39 is 5.41 Å². The maximum absolute atomic E-state index is 11.5. The number of nitrogens with one attached hydrogen (secondary N) is 2. The van der Waals surface area contributed by atoms with E-state index in [0.717, 1.165) is 10.2 Å². The van der Waals surface area contributed by atoms with Gasteiger partial charge in [-0.25, -0.2) is 0 Å². The summed E-state index contributed by atoms with van der Waals surface area (Å²) in [6.07, 6.45) is 0. The summed E-state index contributed by atoms with van der Waals surface area (Å²) in [6, 6.07) is 1.89. The van der Waals surface area contributed by atoms with Crippen molar-refractivity contribution in [2.45, 2.75) is 20.4 Å². The van der Waals surface area contributed by atoms with E-state index in [2.05, 4.69) is 42.5 Å². The Bertz CT molecular complexity index is 383. The zero-order valence-corrected chi connectivity index (χ0v) is 13.2. The third-order valence-electron chi connectivity index (χ3n) is 2.40. The summed E-state index contributed by atoms with van der Waals surface area (Å²) in [5, 5.41) is 5.85. The van der Waals surface area contributed by atoms with Gasteiger partial charge in [0.25, 0.3) is 0 Å². The summed E-state index contributed by atoms with van der Waals surface area (Å²) >= 11 is 6.63. The van der Waals surface area contributed by atoms with Crippen molar-refractivity contribution in [1.82, 2.24) is 10.6 Å². The quantitative estimate of drug-likeness (QED) is 0.841. The molecule has 0 fully saturated rings. The second-order valence-electron chi connectivity index (χ2n) is 4.40. The van der Waals surface area contributed by atoms with Gasteiger partial charge in [-0.05, 0) is 51.8 Å². The van der Waals surface area contributed by atoms with Crippen molar-refractivity contribution in [3.8, 4) is 0 Å². The molecule has 1 aromatic rings. The number of furan rings is 1. The second-order valence-corrected chi connectivity index (χ2v) is 5.98. The molecule has 17 heavy (non-hydrogen) atoms. The molecule has 0 spiro atoms. The van der Waals surface area contributed by atoms with Gasteiger partial charge in [-0.3, -0.25) is 4.79 Å². The number of rotatable bonds is 5. The van der Waals surface area contributed by atoms with E-state index in [4.69, 9.17) is 4.42 Å². The minimum atomic E-state index is -0.435. The summed E-state index contributed by atoms with van der Waals surface area (Å²) in [7, 11) is 1.64. The van der Waals surface area contributed by atoms with Crippen molar-refractivity contribution in [1.29, 1.82) is 0 Å². The second kappa shape index (κ2) is 6.02.